The highest BCUT2D eigenvalue weighted by Gasteiger charge is 2.24. The molecule has 0 saturated heterocycles. The van der Waals surface area contributed by atoms with Gasteiger partial charge in [0, 0.05) is 11.1 Å². The molecule has 4 heteroatoms. The Balaban J connectivity index is 2.24. The topological polar surface area (TPSA) is 44.8 Å². The van der Waals surface area contributed by atoms with Gasteiger partial charge in [0.05, 0.1) is 21.3 Å². The second-order valence-corrected chi connectivity index (χ2v) is 6.41. The lowest BCUT2D eigenvalue weighted by Gasteiger charge is -2.19. The van der Waals surface area contributed by atoms with Crippen molar-refractivity contribution in [1.29, 1.82) is 0 Å². The minimum absolute atomic E-state index is 0.383. The summed E-state index contributed by atoms with van der Waals surface area (Å²) >= 11 is 0. The summed E-state index contributed by atoms with van der Waals surface area (Å²) in [6.07, 6.45) is 0. The number of hydrogen-bond acceptors (Lipinski definition) is 4. The minimum Gasteiger partial charge on any atom is -0.496 e. The van der Waals surface area contributed by atoms with E-state index < -0.39 is 5.97 Å². The van der Waals surface area contributed by atoms with Gasteiger partial charge >= 0.3 is 5.97 Å². The van der Waals surface area contributed by atoms with Gasteiger partial charge < -0.3 is 14.2 Å². The van der Waals surface area contributed by atoms with Crippen molar-refractivity contribution in [3.63, 3.8) is 0 Å². The largest absolute Gasteiger partial charge is 0.496 e. The Labute approximate surface area is 163 Å². The Morgan fingerprint density at radius 3 is 2.00 bits per heavy atom. The van der Waals surface area contributed by atoms with Gasteiger partial charge in [-0.15, -0.1) is 0 Å². The van der Waals surface area contributed by atoms with E-state index in [1.54, 1.807) is 20.3 Å². The van der Waals surface area contributed by atoms with Crippen LogP contribution in [0, 0.1) is 0 Å². The maximum Gasteiger partial charge on any atom is 0.341 e. The van der Waals surface area contributed by atoms with Crippen LogP contribution in [0.25, 0.3) is 32.7 Å². The summed E-state index contributed by atoms with van der Waals surface area (Å²) in [6.45, 7) is 0. The van der Waals surface area contributed by atoms with Crippen molar-refractivity contribution >= 4 is 27.5 Å². The first-order valence-corrected chi connectivity index (χ1v) is 8.93. The fraction of sp³-hybridized carbons (Fsp3) is 0.125. The van der Waals surface area contributed by atoms with Crippen LogP contribution in [-0.4, -0.2) is 27.3 Å². The van der Waals surface area contributed by atoms with Gasteiger partial charge in [0.2, 0.25) is 0 Å². The van der Waals surface area contributed by atoms with Crippen LogP contribution in [0.15, 0.2) is 66.7 Å². The molecular weight excluding hydrogens is 352 g/mol. The molecule has 0 atom stereocenters. The average Bonchev–Trinajstić information content (AvgIpc) is 2.76. The summed E-state index contributed by atoms with van der Waals surface area (Å²) in [4.78, 5) is 12.5. The minimum atomic E-state index is -0.442. The van der Waals surface area contributed by atoms with Crippen LogP contribution >= 0.6 is 0 Å². The van der Waals surface area contributed by atoms with Crippen molar-refractivity contribution in [2.24, 2.45) is 0 Å². The number of methoxy groups -OCH3 is 3. The van der Waals surface area contributed by atoms with Gasteiger partial charge in [-0.25, -0.2) is 4.79 Å². The Hall–Kier alpha value is -3.53. The number of fused-ring (bicyclic) bond motifs is 2. The molecule has 0 aliphatic carbocycles. The summed E-state index contributed by atoms with van der Waals surface area (Å²) in [7, 11) is 4.58. The molecule has 4 aromatic rings. The smallest absolute Gasteiger partial charge is 0.341 e. The molecule has 4 rings (SSSR count). The summed E-state index contributed by atoms with van der Waals surface area (Å²) in [6, 6.07) is 21.8. The second-order valence-electron chi connectivity index (χ2n) is 6.41. The summed E-state index contributed by atoms with van der Waals surface area (Å²) in [5.74, 6) is 0.743. The maximum atomic E-state index is 12.5. The molecule has 0 aliphatic rings. The van der Waals surface area contributed by atoms with E-state index in [2.05, 4.69) is 6.07 Å². The molecule has 0 fully saturated rings. The lowest BCUT2D eigenvalue weighted by atomic mass is 9.90. The second kappa shape index (κ2) is 7.24. The number of rotatable bonds is 4. The molecule has 0 unspecified atom stereocenters. The summed E-state index contributed by atoms with van der Waals surface area (Å²) in [5.41, 5.74) is 2.09. The van der Waals surface area contributed by atoms with Crippen LogP contribution in [0.2, 0.25) is 0 Å². The van der Waals surface area contributed by atoms with Crippen LogP contribution in [0.5, 0.6) is 11.5 Å². The maximum absolute atomic E-state index is 12.5. The van der Waals surface area contributed by atoms with Crippen molar-refractivity contribution in [3.05, 3.63) is 72.3 Å². The van der Waals surface area contributed by atoms with Crippen LogP contribution in [0.3, 0.4) is 0 Å². The molecular formula is C24H20O4. The monoisotopic (exact) mass is 372 g/mol. The van der Waals surface area contributed by atoms with Gasteiger partial charge in [-0.3, -0.25) is 0 Å². The predicted octanol–water partition coefficient (Wildman–Crippen LogP) is 5.46. The molecule has 0 radical (unpaired) electrons. The number of carbonyl (C=O) groups is 1. The Bertz CT molecular complexity index is 1190. The molecule has 0 heterocycles. The molecule has 140 valence electrons. The molecule has 0 aromatic heterocycles. The standard InChI is InChI=1S/C24H20O4/c1-26-20-13-12-15-8-4-6-10-17(15)21(20)22-18-11-7-5-9-16(18)14-19(23(22)27-2)24(25)28-3/h4-14H,1-3H3. The zero-order chi connectivity index (χ0) is 19.7. The molecule has 28 heavy (non-hydrogen) atoms. The summed E-state index contributed by atoms with van der Waals surface area (Å²) < 4.78 is 16.5. The van der Waals surface area contributed by atoms with Gasteiger partial charge in [-0.1, -0.05) is 54.6 Å². The third-order valence-electron chi connectivity index (χ3n) is 4.97. The van der Waals surface area contributed by atoms with E-state index in [0.29, 0.717) is 17.1 Å². The fourth-order valence-corrected chi connectivity index (χ4v) is 3.73. The van der Waals surface area contributed by atoms with Gasteiger partial charge in [-0.2, -0.15) is 0 Å². The van der Waals surface area contributed by atoms with E-state index in [1.165, 1.54) is 7.11 Å². The van der Waals surface area contributed by atoms with Crippen molar-refractivity contribution in [3.8, 4) is 22.6 Å². The molecule has 4 aromatic carbocycles. The first-order valence-electron chi connectivity index (χ1n) is 8.93. The summed E-state index contributed by atoms with van der Waals surface area (Å²) in [5, 5.41) is 4.00. The molecule has 0 N–H and O–H groups in total. The average molecular weight is 372 g/mol. The highest BCUT2D eigenvalue weighted by Crippen LogP contribution is 2.46. The normalized spacial score (nSPS) is 10.8. The molecule has 4 nitrogen and oxygen atoms in total. The van der Waals surface area contributed by atoms with Crippen LogP contribution in [-0.2, 0) is 4.74 Å². The number of ether oxygens (including phenoxy) is 3. The number of carbonyl (C=O) groups excluding carboxylic acids is 1. The Kier molecular flexibility index (Phi) is 4.62. The highest BCUT2D eigenvalue weighted by atomic mass is 16.5. The van der Waals surface area contributed by atoms with E-state index in [4.69, 9.17) is 14.2 Å². The zero-order valence-corrected chi connectivity index (χ0v) is 16.0. The lowest BCUT2D eigenvalue weighted by molar-refractivity contribution is 0.0597. The first kappa shape index (κ1) is 17.9. The van der Waals surface area contributed by atoms with E-state index in [9.17, 15) is 4.79 Å². The third-order valence-corrected chi connectivity index (χ3v) is 4.97. The number of hydrogen-bond donors (Lipinski definition) is 0. The van der Waals surface area contributed by atoms with Gasteiger partial charge in [-0.05, 0) is 33.7 Å². The molecule has 0 aliphatic heterocycles. The molecule has 0 spiro atoms. The van der Waals surface area contributed by atoms with Gasteiger partial charge in [0.1, 0.15) is 17.1 Å². The SMILES string of the molecule is COC(=O)c1cc2ccccc2c(-c2c(OC)ccc3ccccc23)c1OC. The molecule has 0 amide bonds. The first-order chi connectivity index (χ1) is 13.7. The van der Waals surface area contributed by atoms with Crippen molar-refractivity contribution in [2.45, 2.75) is 0 Å². The third kappa shape index (κ3) is 2.74. The van der Waals surface area contributed by atoms with Crippen LogP contribution < -0.4 is 9.47 Å². The van der Waals surface area contributed by atoms with E-state index >= 15 is 0 Å². The zero-order valence-electron chi connectivity index (χ0n) is 16.0. The Morgan fingerprint density at radius 2 is 1.36 bits per heavy atom. The number of esters is 1. The van der Waals surface area contributed by atoms with Crippen LogP contribution in [0.1, 0.15) is 10.4 Å². The predicted molar refractivity (Wildman–Crippen MR) is 111 cm³/mol. The highest BCUT2D eigenvalue weighted by molar-refractivity contribution is 6.13. The van der Waals surface area contributed by atoms with Crippen LogP contribution in [0.4, 0.5) is 0 Å². The number of benzene rings is 4. The van der Waals surface area contributed by atoms with Gasteiger partial charge in [0.15, 0.2) is 0 Å². The van der Waals surface area contributed by atoms with E-state index in [0.717, 1.165) is 32.7 Å². The molecule has 0 bridgehead atoms. The van der Waals surface area contributed by atoms with E-state index in [1.807, 2.05) is 54.6 Å². The lowest BCUT2D eigenvalue weighted by Crippen LogP contribution is -2.06. The van der Waals surface area contributed by atoms with E-state index in [-0.39, 0.29) is 0 Å². The molecule has 0 saturated carbocycles. The van der Waals surface area contributed by atoms with Crippen molar-refractivity contribution in [1.82, 2.24) is 0 Å². The van der Waals surface area contributed by atoms with Gasteiger partial charge in [0.25, 0.3) is 0 Å². The fourth-order valence-electron chi connectivity index (χ4n) is 3.73. The van der Waals surface area contributed by atoms with Crippen molar-refractivity contribution < 1.29 is 19.0 Å². The van der Waals surface area contributed by atoms with Crippen molar-refractivity contribution in [2.75, 3.05) is 21.3 Å². The Morgan fingerprint density at radius 1 is 0.714 bits per heavy atom. The quantitative estimate of drug-likeness (QED) is 0.446.